The molecule has 2 aliphatic carbocycles. The van der Waals surface area contributed by atoms with Crippen LogP contribution in [0.5, 0.6) is 0 Å². The molecule has 1 N–H and O–H groups in total. The first kappa shape index (κ1) is 14.3. The fourth-order valence-electron chi connectivity index (χ4n) is 3.63. The molecule has 106 valence electrons. The molecule has 0 saturated heterocycles. The zero-order valence-electron chi connectivity index (χ0n) is 11.5. The second-order valence-corrected chi connectivity index (χ2v) is 8.35. The lowest BCUT2D eigenvalue weighted by molar-refractivity contribution is 0.292. The summed E-state index contributed by atoms with van der Waals surface area (Å²) in [6, 6.07) is 0.177. The minimum absolute atomic E-state index is 0.0445. The van der Waals surface area contributed by atoms with Gasteiger partial charge in [0.05, 0.1) is 11.0 Å². The molecule has 0 aromatic rings. The Hall–Kier alpha value is -0.0900. The molecular formula is C14H27NO2S. The van der Waals surface area contributed by atoms with Crippen LogP contribution in [-0.4, -0.2) is 32.5 Å². The first-order valence-electron chi connectivity index (χ1n) is 7.52. The van der Waals surface area contributed by atoms with Gasteiger partial charge in [0, 0.05) is 6.04 Å². The van der Waals surface area contributed by atoms with Crippen LogP contribution in [0.4, 0.5) is 0 Å². The van der Waals surface area contributed by atoms with Gasteiger partial charge in [0.25, 0.3) is 0 Å². The van der Waals surface area contributed by atoms with E-state index < -0.39 is 9.84 Å². The average molecular weight is 273 g/mol. The lowest BCUT2D eigenvalue weighted by Crippen LogP contribution is -2.42. The third-order valence-electron chi connectivity index (χ3n) is 4.81. The van der Waals surface area contributed by atoms with Crippen molar-refractivity contribution < 1.29 is 8.42 Å². The summed E-state index contributed by atoms with van der Waals surface area (Å²) in [6.07, 6.45) is 10.2. The Labute approximate surface area is 112 Å². The molecule has 2 rings (SSSR count). The van der Waals surface area contributed by atoms with Crippen molar-refractivity contribution >= 4 is 9.84 Å². The van der Waals surface area contributed by atoms with Gasteiger partial charge in [-0.05, 0) is 38.6 Å². The van der Waals surface area contributed by atoms with Crippen LogP contribution in [0.3, 0.4) is 0 Å². The Morgan fingerprint density at radius 2 is 1.56 bits per heavy atom. The van der Waals surface area contributed by atoms with Gasteiger partial charge < -0.3 is 5.32 Å². The largest absolute Gasteiger partial charge is 0.316 e. The van der Waals surface area contributed by atoms with Gasteiger partial charge in [-0.25, -0.2) is 8.42 Å². The summed E-state index contributed by atoms with van der Waals surface area (Å²) < 4.78 is 24.8. The van der Waals surface area contributed by atoms with Gasteiger partial charge in [0.1, 0.15) is 0 Å². The van der Waals surface area contributed by atoms with E-state index in [1.807, 2.05) is 7.05 Å². The first-order valence-corrected chi connectivity index (χ1v) is 9.24. The molecule has 0 aliphatic heterocycles. The molecule has 0 heterocycles. The summed E-state index contributed by atoms with van der Waals surface area (Å²) in [5.74, 6) is 0.929. The van der Waals surface area contributed by atoms with Gasteiger partial charge in [-0.2, -0.15) is 0 Å². The summed E-state index contributed by atoms with van der Waals surface area (Å²) in [6.45, 7) is 0. The lowest BCUT2D eigenvalue weighted by atomic mass is 9.84. The summed E-state index contributed by atoms with van der Waals surface area (Å²) in [7, 11) is -0.963. The summed E-state index contributed by atoms with van der Waals surface area (Å²) in [5, 5.41) is 3.23. The highest BCUT2D eigenvalue weighted by molar-refractivity contribution is 7.92. The Kier molecular flexibility index (Phi) is 5.07. The van der Waals surface area contributed by atoms with E-state index in [1.165, 1.54) is 32.1 Å². The third-order valence-corrected chi connectivity index (χ3v) is 7.12. The van der Waals surface area contributed by atoms with Crippen LogP contribution in [0.2, 0.25) is 0 Å². The standard InChI is InChI=1S/C14H27NO2S/c1-15-14(12-7-3-2-4-8-12)11-18(16,17)13-9-5-6-10-13/h12-15H,2-11H2,1H3. The van der Waals surface area contributed by atoms with E-state index in [9.17, 15) is 8.42 Å². The van der Waals surface area contributed by atoms with Crippen molar-refractivity contribution in [3.63, 3.8) is 0 Å². The Morgan fingerprint density at radius 1 is 1.00 bits per heavy atom. The molecule has 0 bridgehead atoms. The summed E-state index contributed by atoms with van der Waals surface area (Å²) in [4.78, 5) is 0. The minimum atomic E-state index is -2.88. The van der Waals surface area contributed by atoms with E-state index in [1.54, 1.807) is 0 Å². The molecular weight excluding hydrogens is 246 g/mol. The highest BCUT2D eigenvalue weighted by Crippen LogP contribution is 2.30. The second-order valence-electron chi connectivity index (χ2n) is 6.03. The average Bonchev–Trinajstić information content (AvgIpc) is 2.92. The Bertz CT molecular complexity index is 341. The predicted molar refractivity (Wildman–Crippen MR) is 75.5 cm³/mol. The maximum atomic E-state index is 12.4. The summed E-state index contributed by atoms with van der Waals surface area (Å²) >= 11 is 0. The molecule has 0 aromatic heterocycles. The topological polar surface area (TPSA) is 46.2 Å². The van der Waals surface area contributed by atoms with Gasteiger partial charge >= 0.3 is 0 Å². The van der Waals surface area contributed by atoms with Crippen molar-refractivity contribution in [1.82, 2.24) is 5.32 Å². The second kappa shape index (κ2) is 6.38. The van der Waals surface area contributed by atoms with Crippen LogP contribution >= 0.6 is 0 Å². The molecule has 2 saturated carbocycles. The van der Waals surface area contributed by atoms with Crippen LogP contribution in [-0.2, 0) is 9.84 Å². The van der Waals surface area contributed by atoms with Crippen LogP contribution in [0.25, 0.3) is 0 Å². The molecule has 18 heavy (non-hydrogen) atoms. The van der Waals surface area contributed by atoms with Crippen molar-refractivity contribution in [2.24, 2.45) is 5.92 Å². The third kappa shape index (κ3) is 3.47. The Morgan fingerprint density at radius 3 is 2.11 bits per heavy atom. The molecule has 2 aliphatic rings. The molecule has 1 atom stereocenters. The molecule has 0 spiro atoms. The van der Waals surface area contributed by atoms with Gasteiger partial charge in [-0.15, -0.1) is 0 Å². The van der Waals surface area contributed by atoms with Crippen LogP contribution in [0, 0.1) is 5.92 Å². The van der Waals surface area contributed by atoms with E-state index in [0.29, 0.717) is 11.7 Å². The van der Waals surface area contributed by atoms with E-state index >= 15 is 0 Å². The zero-order valence-corrected chi connectivity index (χ0v) is 12.3. The van der Waals surface area contributed by atoms with Crippen molar-refractivity contribution in [2.45, 2.75) is 69.1 Å². The highest BCUT2D eigenvalue weighted by atomic mass is 32.2. The molecule has 0 amide bonds. The fourth-order valence-corrected chi connectivity index (χ4v) is 5.89. The number of sulfone groups is 1. The van der Waals surface area contributed by atoms with Gasteiger partial charge in [0.2, 0.25) is 0 Å². The highest BCUT2D eigenvalue weighted by Gasteiger charge is 2.33. The fraction of sp³-hybridized carbons (Fsp3) is 1.00. The molecule has 0 aromatic carbocycles. The molecule has 3 nitrogen and oxygen atoms in total. The molecule has 2 fully saturated rings. The van der Waals surface area contributed by atoms with E-state index in [-0.39, 0.29) is 11.3 Å². The number of nitrogens with one attached hydrogen (secondary N) is 1. The van der Waals surface area contributed by atoms with Crippen molar-refractivity contribution in [3.8, 4) is 0 Å². The maximum absolute atomic E-state index is 12.4. The van der Waals surface area contributed by atoms with Crippen LogP contribution in [0.15, 0.2) is 0 Å². The quantitative estimate of drug-likeness (QED) is 0.837. The van der Waals surface area contributed by atoms with Gasteiger partial charge in [0.15, 0.2) is 9.84 Å². The zero-order chi connectivity index (χ0) is 13.0. The van der Waals surface area contributed by atoms with Crippen LogP contribution in [0.1, 0.15) is 57.8 Å². The van der Waals surface area contributed by atoms with Crippen molar-refractivity contribution in [2.75, 3.05) is 12.8 Å². The molecule has 1 unspecified atom stereocenters. The van der Waals surface area contributed by atoms with Crippen molar-refractivity contribution in [1.29, 1.82) is 0 Å². The first-order chi connectivity index (χ1) is 8.63. The normalized spacial score (nSPS) is 25.4. The Balaban J connectivity index is 1.95. The van der Waals surface area contributed by atoms with Gasteiger partial charge in [-0.1, -0.05) is 32.1 Å². The predicted octanol–water partition coefficient (Wildman–Crippen LogP) is 2.51. The SMILES string of the molecule is CNC(CS(=O)(=O)C1CCCC1)C1CCCCC1. The van der Waals surface area contributed by atoms with E-state index in [4.69, 9.17) is 0 Å². The monoisotopic (exact) mass is 273 g/mol. The molecule has 4 heteroatoms. The summed E-state index contributed by atoms with van der Waals surface area (Å²) in [5.41, 5.74) is 0. The maximum Gasteiger partial charge on any atom is 0.154 e. The minimum Gasteiger partial charge on any atom is -0.316 e. The lowest BCUT2D eigenvalue weighted by Gasteiger charge is -2.30. The van der Waals surface area contributed by atoms with Gasteiger partial charge in [-0.3, -0.25) is 0 Å². The number of hydrogen-bond donors (Lipinski definition) is 1. The molecule has 0 radical (unpaired) electrons. The number of rotatable bonds is 5. The smallest absolute Gasteiger partial charge is 0.154 e. The number of hydrogen-bond acceptors (Lipinski definition) is 3. The van der Waals surface area contributed by atoms with Crippen molar-refractivity contribution in [3.05, 3.63) is 0 Å². The van der Waals surface area contributed by atoms with Crippen LogP contribution < -0.4 is 5.32 Å². The van der Waals surface area contributed by atoms with E-state index in [2.05, 4.69) is 5.32 Å². The van der Waals surface area contributed by atoms with E-state index in [0.717, 1.165) is 25.7 Å².